The molecular weight excluding hydrogens is 516 g/mol. The fourth-order valence-electron chi connectivity index (χ4n) is 3.92. The molecule has 0 heterocycles. The molecule has 0 radical (unpaired) electrons. The number of likely N-dealkylation sites (N-methyl/N-ethyl adjacent to an activating group) is 1. The van der Waals surface area contributed by atoms with Gasteiger partial charge in [-0.3, -0.25) is 9.59 Å². The maximum Gasteiger partial charge on any atom is 0.261 e. The quantitative estimate of drug-likeness (QED) is 0.365. The lowest BCUT2D eigenvalue weighted by Crippen LogP contribution is -2.51. The lowest BCUT2D eigenvalue weighted by molar-refractivity contribution is -0.142. The Balaban J connectivity index is 1.86. The van der Waals surface area contributed by atoms with Crippen LogP contribution in [0.5, 0.6) is 5.75 Å². The fourth-order valence-corrected chi connectivity index (χ4v) is 4.41. The zero-order chi connectivity index (χ0) is 26.3. The van der Waals surface area contributed by atoms with Gasteiger partial charge < -0.3 is 15.0 Å². The predicted octanol–water partition coefficient (Wildman–Crippen LogP) is 5.82. The van der Waals surface area contributed by atoms with Crippen LogP contribution in [0.1, 0.15) is 43.0 Å². The monoisotopic (exact) mass is 550 g/mol. The molecule has 1 N–H and O–H groups in total. The van der Waals surface area contributed by atoms with Crippen LogP contribution in [0.2, 0.25) is 0 Å². The highest BCUT2D eigenvalue weighted by molar-refractivity contribution is 9.10. The maximum absolute atomic E-state index is 13.6. The summed E-state index contributed by atoms with van der Waals surface area (Å²) in [6, 6.07) is 23.0. The van der Waals surface area contributed by atoms with Gasteiger partial charge in [0, 0.05) is 20.0 Å². The standard InChI is InChI=1S/C30H35BrN2O3/c1-21-11-13-23(14-12-21)19-33(26(29(35)32-5)17-22-9-7-6-8-10-22)28(34)20-36-27-16-15-24(18-25(27)31)30(2,3)4/h6-16,18,26H,17,19-20H2,1-5H3,(H,32,35)/t26-/m0/s1. The van der Waals surface area contributed by atoms with E-state index in [1.54, 1.807) is 11.9 Å². The van der Waals surface area contributed by atoms with Crippen molar-refractivity contribution >= 4 is 27.7 Å². The number of amides is 2. The molecule has 3 aromatic rings. The highest BCUT2D eigenvalue weighted by atomic mass is 79.9. The number of hydrogen-bond donors (Lipinski definition) is 1. The molecule has 190 valence electrons. The number of aryl methyl sites for hydroxylation is 1. The molecule has 0 aliphatic carbocycles. The second kappa shape index (κ2) is 12.2. The van der Waals surface area contributed by atoms with E-state index in [2.05, 4.69) is 42.0 Å². The first kappa shape index (κ1) is 27.5. The summed E-state index contributed by atoms with van der Waals surface area (Å²) in [5.41, 5.74) is 4.23. The zero-order valence-corrected chi connectivity index (χ0v) is 23.3. The van der Waals surface area contributed by atoms with Crippen molar-refractivity contribution in [3.05, 3.63) is 99.5 Å². The van der Waals surface area contributed by atoms with E-state index in [9.17, 15) is 9.59 Å². The van der Waals surface area contributed by atoms with Crippen LogP contribution in [-0.2, 0) is 28.0 Å². The molecule has 1 atom stereocenters. The molecule has 0 spiro atoms. The van der Waals surface area contributed by atoms with Crippen molar-refractivity contribution in [2.45, 2.75) is 52.1 Å². The van der Waals surface area contributed by atoms with E-state index < -0.39 is 6.04 Å². The van der Waals surface area contributed by atoms with Crippen LogP contribution in [0.25, 0.3) is 0 Å². The average molecular weight is 552 g/mol. The van der Waals surface area contributed by atoms with Gasteiger partial charge in [0.1, 0.15) is 11.8 Å². The second-order valence-corrected chi connectivity index (χ2v) is 10.9. The van der Waals surface area contributed by atoms with Crippen molar-refractivity contribution in [2.24, 2.45) is 0 Å². The average Bonchev–Trinajstić information content (AvgIpc) is 2.86. The van der Waals surface area contributed by atoms with Crippen molar-refractivity contribution in [1.29, 1.82) is 0 Å². The van der Waals surface area contributed by atoms with E-state index in [-0.39, 0.29) is 23.8 Å². The maximum atomic E-state index is 13.6. The fraction of sp³-hybridized carbons (Fsp3) is 0.333. The number of carbonyl (C=O) groups is 2. The summed E-state index contributed by atoms with van der Waals surface area (Å²) in [6.45, 7) is 8.58. The van der Waals surface area contributed by atoms with Gasteiger partial charge in [-0.05, 0) is 57.1 Å². The van der Waals surface area contributed by atoms with E-state index in [4.69, 9.17) is 4.74 Å². The van der Waals surface area contributed by atoms with E-state index in [0.717, 1.165) is 26.7 Å². The van der Waals surface area contributed by atoms with Gasteiger partial charge in [-0.25, -0.2) is 0 Å². The molecule has 36 heavy (non-hydrogen) atoms. The number of ether oxygens (including phenoxy) is 1. The minimum Gasteiger partial charge on any atom is -0.483 e. The van der Waals surface area contributed by atoms with Gasteiger partial charge in [-0.2, -0.15) is 0 Å². The minimum atomic E-state index is -0.679. The molecule has 0 unspecified atom stereocenters. The molecule has 0 saturated heterocycles. The summed E-state index contributed by atoms with van der Waals surface area (Å²) in [6.07, 6.45) is 0.405. The number of hydrogen-bond acceptors (Lipinski definition) is 3. The van der Waals surface area contributed by atoms with Crippen molar-refractivity contribution in [3.63, 3.8) is 0 Å². The van der Waals surface area contributed by atoms with Gasteiger partial charge in [0.25, 0.3) is 5.91 Å². The van der Waals surface area contributed by atoms with Crippen LogP contribution in [0.15, 0.2) is 77.3 Å². The second-order valence-electron chi connectivity index (χ2n) is 10.0. The first-order valence-electron chi connectivity index (χ1n) is 12.1. The predicted molar refractivity (Wildman–Crippen MR) is 148 cm³/mol. The van der Waals surface area contributed by atoms with Gasteiger partial charge in [-0.15, -0.1) is 0 Å². The van der Waals surface area contributed by atoms with Gasteiger partial charge >= 0.3 is 0 Å². The van der Waals surface area contributed by atoms with Crippen LogP contribution < -0.4 is 10.1 Å². The summed E-state index contributed by atoms with van der Waals surface area (Å²) in [7, 11) is 1.60. The number of rotatable bonds is 9. The van der Waals surface area contributed by atoms with Crippen LogP contribution in [-0.4, -0.2) is 36.4 Å². The minimum absolute atomic E-state index is 0.000119. The number of halogens is 1. The molecular formula is C30H35BrN2O3. The highest BCUT2D eigenvalue weighted by Gasteiger charge is 2.30. The molecule has 2 amide bonds. The van der Waals surface area contributed by atoms with E-state index in [1.807, 2.05) is 79.7 Å². The molecule has 5 nitrogen and oxygen atoms in total. The third-order valence-corrected chi connectivity index (χ3v) is 6.76. The Morgan fingerprint density at radius 3 is 2.22 bits per heavy atom. The summed E-state index contributed by atoms with van der Waals surface area (Å²) in [5, 5.41) is 2.74. The summed E-state index contributed by atoms with van der Waals surface area (Å²) in [4.78, 5) is 28.2. The number of nitrogens with one attached hydrogen (secondary N) is 1. The van der Waals surface area contributed by atoms with Gasteiger partial charge in [-0.1, -0.05) is 87.0 Å². The van der Waals surface area contributed by atoms with Gasteiger partial charge in [0.05, 0.1) is 4.47 Å². The van der Waals surface area contributed by atoms with Crippen LogP contribution in [0, 0.1) is 6.92 Å². The molecule has 0 bridgehead atoms. The molecule has 0 aliphatic rings. The Hall–Kier alpha value is -3.12. The highest BCUT2D eigenvalue weighted by Crippen LogP contribution is 2.31. The molecule has 0 saturated carbocycles. The van der Waals surface area contributed by atoms with Crippen molar-refractivity contribution < 1.29 is 14.3 Å². The summed E-state index contributed by atoms with van der Waals surface area (Å²) >= 11 is 3.58. The van der Waals surface area contributed by atoms with Crippen molar-refractivity contribution in [3.8, 4) is 5.75 Å². The molecule has 3 aromatic carbocycles. The van der Waals surface area contributed by atoms with Crippen LogP contribution >= 0.6 is 15.9 Å². The topological polar surface area (TPSA) is 58.6 Å². The Morgan fingerprint density at radius 2 is 1.64 bits per heavy atom. The summed E-state index contributed by atoms with van der Waals surface area (Å²) in [5.74, 6) is 0.119. The van der Waals surface area contributed by atoms with Crippen LogP contribution in [0.3, 0.4) is 0 Å². The molecule has 0 fully saturated rings. The van der Waals surface area contributed by atoms with Crippen molar-refractivity contribution in [2.75, 3.05) is 13.7 Å². The van der Waals surface area contributed by atoms with Gasteiger partial charge in [0.2, 0.25) is 5.91 Å². The first-order valence-corrected chi connectivity index (χ1v) is 12.9. The number of nitrogens with zero attached hydrogens (tertiary/aromatic N) is 1. The Labute approximate surface area is 223 Å². The Kier molecular flexibility index (Phi) is 9.32. The third kappa shape index (κ3) is 7.44. The lowest BCUT2D eigenvalue weighted by atomic mass is 9.87. The Morgan fingerprint density at radius 1 is 0.972 bits per heavy atom. The summed E-state index contributed by atoms with van der Waals surface area (Å²) < 4.78 is 6.74. The molecule has 3 rings (SSSR count). The number of carbonyl (C=O) groups excluding carboxylic acids is 2. The third-order valence-electron chi connectivity index (χ3n) is 6.14. The SMILES string of the molecule is CNC(=O)[C@H](Cc1ccccc1)N(Cc1ccc(C)cc1)C(=O)COc1ccc(C(C)(C)C)cc1Br. The van der Waals surface area contributed by atoms with E-state index in [1.165, 1.54) is 0 Å². The zero-order valence-electron chi connectivity index (χ0n) is 21.7. The molecule has 6 heteroatoms. The smallest absolute Gasteiger partial charge is 0.261 e. The number of benzene rings is 3. The van der Waals surface area contributed by atoms with Gasteiger partial charge in [0.15, 0.2) is 6.61 Å². The lowest BCUT2D eigenvalue weighted by Gasteiger charge is -2.31. The van der Waals surface area contributed by atoms with Crippen molar-refractivity contribution in [1.82, 2.24) is 10.2 Å². The van der Waals surface area contributed by atoms with E-state index >= 15 is 0 Å². The van der Waals surface area contributed by atoms with E-state index in [0.29, 0.717) is 18.7 Å². The molecule has 0 aromatic heterocycles. The Bertz CT molecular complexity index is 1170. The molecule has 0 aliphatic heterocycles. The normalized spacial score (nSPS) is 12.1. The van der Waals surface area contributed by atoms with Crippen LogP contribution in [0.4, 0.5) is 0 Å². The first-order chi connectivity index (χ1) is 17.1. The largest absolute Gasteiger partial charge is 0.483 e.